The Kier molecular flexibility index (Phi) is 9.04. The van der Waals surface area contributed by atoms with E-state index in [9.17, 15) is 9.18 Å². The highest BCUT2D eigenvalue weighted by Gasteiger charge is 2.13. The van der Waals surface area contributed by atoms with Gasteiger partial charge in [0.1, 0.15) is 24.5 Å². The second-order valence-corrected chi connectivity index (χ2v) is 8.58. The molecule has 0 bridgehead atoms. The molecule has 4 aromatic rings. The molecule has 11 heteroatoms. The summed E-state index contributed by atoms with van der Waals surface area (Å²) in [6.07, 6.45) is 5.65. The van der Waals surface area contributed by atoms with Gasteiger partial charge in [0.15, 0.2) is 11.5 Å². The second kappa shape index (κ2) is 12.8. The van der Waals surface area contributed by atoms with Crippen LogP contribution in [0.4, 0.5) is 21.6 Å². The molecule has 0 unspecified atom stereocenters. The lowest BCUT2D eigenvalue weighted by Crippen LogP contribution is -2.25. The van der Waals surface area contributed by atoms with Crippen molar-refractivity contribution in [2.45, 2.75) is 26.8 Å². The number of hydrogen-bond donors (Lipinski definition) is 2. The standard InChI is InChI=1S/C27H32FN7O3/c1-4-34(5-2)10-7-11-38-25-14-23-22(13-24(25)37-3)27(30-18-29-23)33-21-15-31-35(16-21)17-26(36)32-20-9-6-8-19(28)12-20/h6,8-9,12-16,18H,4-5,7,10-11,17H2,1-3H3,(H,32,36)(H,29,30,33). The maximum absolute atomic E-state index is 13.4. The number of carbonyl (C=O) groups excluding carboxylic acids is 1. The Morgan fingerprint density at radius 2 is 1.95 bits per heavy atom. The smallest absolute Gasteiger partial charge is 0.246 e. The van der Waals surface area contributed by atoms with E-state index in [2.05, 4.69) is 44.4 Å². The molecule has 200 valence electrons. The van der Waals surface area contributed by atoms with Crippen LogP contribution in [0.2, 0.25) is 0 Å². The molecule has 10 nitrogen and oxygen atoms in total. The van der Waals surface area contributed by atoms with E-state index in [1.165, 1.54) is 29.2 Å². The first-order valence-electron chi connectivity index (χ1n) is 12.5. The Morgan fingerprint density at radius 1 is 1.11 bits per heavy atom. The largest absolute Gasteiger partial charge is 0.493 e. The van der Waals surface area contributed by atoms with Crippen LogP contribution >= 0.6 is 0 Å². The number of fused-ring (bicyclic) bond motifs is 1. The van der Waals surface area contributed by atoms with Crippen LogP contribution in [0.1, 0.15) is 20.3 Å². The number of methoxy groups -OCH3 is 1. The van der Waals surface area contributed by atoms with Gasteiger partial charge in [-0.05, 0) is 43.8 Å². The van der Waals surface area contributed by atoms with Crippen molar-refractivity contribution in [2.24, 2.45) is 0 Å². The fourth-order valence-electron chi connectivity index (χ4n) is 4.01. The van der Waals surface area contributed by atoms with Gasteiger partial charge in [-0.1, -0.05) is 19.9 Å². The Bertz CT molecular complexity index is 1370. The number of anilines is 3. The molecule has 2 heterocycles. The molecule has 0 aliphatic rings. The molecule has 38 heavy (non-hydrogen) atoms. The summed E-state index contributed by atoms with van der Waals surface area (Å²) < 4.78 is 26.4. The molecule has 0 saturated carbocycles. The van der Waals surface area contributed by atoms with Crippen molar-refractivity contribution < 1.29 is 18.7 Å². The van der Waals surface area contributed by atoms with E-state index in [0.29, 0.717) is 40.8 Å². The molecule has 0 aliphatic carbocycles. The monoisotopic (exact) mass is 521 g/mol. The minimum Gasteiger partial charge on any atom is -0.493 e. The number of rotatable bonds is 13. The van der Waals surface area contributed by atoms with E-state index in [0.717, 1.165) is 31.4 Å². The Morgan fingerprint density at radius 3 is 2.71 bits per heavy atom. The summed E-state index contributed by atoms with van der Waals surface area (Å²) in [4.78, 5) is 23.5. The number of nitrogens with zero attached hydrogens (tertiary/aromatic N) is 5. The number of benzene rings is 2. The van der Waals surface area contributed by atoms with Crippen LogP contribution in [0.25, 0.3) is 10.9 Å². The third-order valence-electron chi connectivity index (χ3n) is 6.00. The molecule has 0 saturated heterocycles. The number of carbonyl (C=O) groups is 1. The maximum atomic E-state index is 13.4. The average Bonchev–Trinajstić information content (AvgIpc) is 3.34. The number of aromatic nitrogens is 4. The predicted molar refractivity (Wildman–Crippen MR) is 145 cm³/mol. The van der Waals surface area contributed by atoms with Gasteiger partial charge in [0.05, 0.1) is 31.1 Å². The van der Waals surface area contributed by atoms with Crippen LogP contribution in [-0.2, 0) is 11.3 Å². The van der Waals surface area contributed by atoms with Crippen LogP contribution in [0.5, 0.6) is 11.5 Å². The van der Waals surface area contributed by atoms with Crippen LogP contribution < -0.4 is 20.1 Å². The third-order valence-corrected chi connectivity index (χ3v) is 6.00. The number of ether oxygens (including phenoxy) is 2. The molecular weight excluding hydrogens is 489 g/mol. The first-order chi connectivity index (χ1) is 18.5. The molecule has 0 radical (unpaired) electrons. The van der Waals surface area contributed by atoms with Gasteiger partial charge in [-0.2, -0.15) is 5.10 Å². The first-order valence-corrected chi connectivity index (χ1v) is 12.5. The summed E-state index contributed by atoms with van der Waals surface area (Å²) in [6.45, 7) is 7.84. The van der Waals surface area contributed by atoms with E-state index in [1.54, 1.807) is 25.6 Å². The van der Waals surface area contributed by atoms with E-state index < -0.39 is 5.82 Å². The summed E-state index contributed by atoms with van der Waals surface area (Å²) in [5.74, 6) is 1.03. The summed E-state index contributed by atoms with van der Waals surface area (Å²) in [5, 5.41) is 10.9. The normalized spacial score (nSPS) is 11.1. The zero-order valence-electron chi connectivity index (χ0n) is 21.8. The molecule has 4 rings (SSSR count). The van der Waals surface area contributed by atoms with Crippen molar-refractivity contribution in [3.8, 4) is 11.5 Å². The molecule has 2 aromatic heterocycles. The van der Waals surface area contributed by atoms with Crippen molar-refractivity contribution in [1.82, 2.24) is 24.6 Å². The van der Waals surface area contributed by atoms with Crippen molar-refractivity contribution in [2.75, 3.05) is 44.0 Å². The quantitative estimate of drug-likeness (QED) is 0.248. The van der Waals surface area contributed by atoms with Crippen LogP contribution in [0, 0.1) is 5.82 Å². The Balaban J connectivity index is 1.42. The fourth-order valence-corrected chi connectivity index (χ4v) is 4.01. The average molecular weight is 522 g/mol. The highest BCUT2D eigenvalue weighted by atomic mass is 19.1. The fraction of sp³-hybridized carbons (Fsp3) is 0.333. The Hall–Kier alpha value is -4.25. The van der Waals surface area contributed by atoms with Gasteiger partial charge >= 0.3 is 0 Å². The van der Waals surface area contributed by atoms with Crippen molar-refractivity contribution in [1.29, 1.82) is 0 Å². The van der Waals surface area contributed by atoms with Crippen LogP contribution in [-0.4, -0.2) is 63.9 Å². The van der Waals surface area contributed by atoms with Crippen molar-refractivity contribution in [3.63, 3.8) is 0 Å². The number of halogens is 1. The highest BCUT2D eigenvalue weighted by Crippen LogP contribution is 2.34. The highest BCUT2D eigenvalue weighted by molar-refractivity contribution is 5.93. The molecular formula is C27H32FN7O3. The van der Waals surface area contributed by atoms with Gasteiger partial charge < -0.3 is 25.0 Å². The zero-order valence-corrected chi connectivity index (χ0v) is 21.8. The van der Waals surface area contributed by atoms with Gasteiger partial charge in [-0.3, -0.25) is 9.48 Å². The number of amides is 1. The molecule has 0 fully saturated rings. The molecule has 0 spiro atoms. The van der Waals surface area contributed by atoms with Gasteiger partial charge in [0.25, 0.3) is 0 Å². The summed E-state index contributed by atoms with van der Waals surface area (Å²) in [5.41, 5.74) is 1.72. The predicted octanol–water partition coefficient (Wildman–Crippen LogP) is 4.47. The lowest BCUT2D eigenvalue weighted by atomic mass is 10.2. The van der Waals surface area contributed by atoms with Gasteiger partial charge in [0, 0.05) is 29.9 Å². The van der Waals surface area contributed by atoms with Crippen LogP contribution in [0.15, 0.2) is 55.1 Å². The van der Waals surface area contributed by atoms with Gasteiger partial charge in [-0.25, -0.2) is 14.4 Å². The molecule has 2 aromatic carbocycles. The van der Waals surface area contributed by atoms with E-state index in [4.69, 9.17) is 9.47 Å². The SMILES string of the molecule is CCN(CC)CCCOc1cc2ncnc(Nc3cnn(CC(=O)Nc4cccc(F)c4)c3)c2cc1OC. The van der Waals surface area contributed by atoms with Crippen molar-refractivity contribution >= 4 is 34.0 Å². The number of hydrogen-bond acceptors (Lipinski definition) is 8. The van der Waals surface area contributed by atoms with Crippen LogP contribution in [0.3, 0.4) is 0 Å². The number of nitrogens with one attached hydrogen (secondary N) is 2. The summed E-state index contributed by atoms with van der Waals surface area (Å²) in [6, 6.07) is 9.41. The lowest BCUT2D eigenvalue weighted by Gasteiger charge is -2.18. The minimum absolute atomic E-state index is 0.0362. The molecule has 0 atom stereocenters. The molecule has 2 N–H and O–H groups in total. The van der Waals surface area contributed by atoms with E-state index >= 15 is 0 Å². The van der Waals surface area contributed by atoms with E-state index in [1.807, 2.05) is 12.1 Å². The molecule has 1 amide bonds. The van der Waals surface area contributed by atoms with E-state index in [-0.39, 0.29) is 12.5 Å². The lowest BCUT2D eigenvalue weighted by molar-refractivity contribution is -0.116. The maximum Gasteiger partial charge on any atom is 0.246 e. The van der Waals surface area contributed by atoms with Gasteiger partial charge in [0.2, 0.25) is 5.91 Å². The topological polar surface area (TPSA) is 106 Å². The second-order valence-electron chi connectivity index (χ2n) is 8.58. The summed E-state index contributed by atoms with van der Waals surface area (Å²) >= 11 is 0. The van der Waals surface area contributed by atoms with Crippen molar-refractivity contribution in [3.05, 3.63) is 60.9 Å². The third kappa shape index (κ3) is 6.94. The summed E-state index contributed by atoms with van der Waals surface area (Å²) in [7, 11) is 1.60. The molecule has 0 aliphatic heterocycles. The minimum atomic E-state index is -0.420. The first kappa shape index (κ1) is 26.8. The van der Waals surface area contributed by atoms with Gasteiger partial charge in [-0.15, -0.1) is 0 Å². The zero-order chi connectivity index (χ0) is 26.9. The Labute approximate surface area is 220 Å².